The summed E-state index contributed by atoms with van der Waals surface area (Å²) in [4.78, 5) is 28.2. The molecule has 1 amide bonds. The summed E-state index contributed by atoms with van der Waals surface area (Å²) >= 11 is 1.23. The van der Waals surface area contributed by atoms with E-state index in [2.05, 4.69) is 20.5 Å². The van der Waals surface area contributed by atoms with Gasteiger partial charge in [0, 0.05) is 28.5 Å². The fourth-order valence-electron chi connectivity index (χ4n) is 3.77. The Labute approximate surface area is 194 Å². The Balaban J connectivity index is 1.36. The molecule has 3 aromatic carbocycles. The Morgan fingerprint density at radius 3 is 2.42 bits per heavy atom. The maximum Gasteiger partial charge on any atom is 0.240 e. The molecule has 1 aliphatic heterocycles. The number of carbonyl (C=O) groups excluding carboxylic acids is 2. The molecule has 1 aliphatic rings. The van der Waals surface area contributed by atoms with Crippen LogP contribution < -0.4 is 5.32 Å². The highest BCUT2D eigenvalue weighted by atomic mass is 32.2. The van der Waals surface area contributed by atoms with Crippen molar-refractivity contribution in [3.05, 3.63) is 96.1 Å². The van der Waals surface area contributed by atoms with Gasteiger partial charge in [-0.25, -0.2) is 0 Å². The number of carbonyl (C=O) groups is 2. The molecule has 162 valence electrons. The first-order chi connectivity index (χ1) is 16.2. The van der Waals surface area contributed by atoms with Crippen molar-refractivity contribution in [1.29, 1.82) is 0 Å². The smallest absolute Gasteiger partial charge is 0.240 e. The molecule has 6 nitrogen and oxygen atoms in total. The number of hydrogen-bond donors (Lipinski definition) is 2. The molecule has 0 spiro atoms. The largest absolute Gasteiger partial charge is 0.354 e. The molecule has 4 aromatic rings. The zero-order chi connectivity index (χ0) is 22.6. The summed E-state index contributed by atoms with van der Waals surface area (Å²) in [6, 6.07) is 27.0. The molecule has 5 rings (SSSR count). The van der Waals surface area contributed by atoms with Crippen LogP contribution in [-0.4, -0.2) is 33.3 Å². The summed E-state index contributed by atoms with van der Waals surface area (Å²) in [6.45, 7) is 0. The van der Waals surface area contributed by atoms with Crippen molar-refractivity contribution in [2.45, 2.75) is 11.7 Å². The molecule has 1 saturated heterocycles. The monoisotopic (exact) mass is 452 g/mol. The molecule has 7 heteroatoms. The number of H-pyrrole nitrogens is 1. The lowest BCUT2D eigenvalue weighted by atomic mass is 10.1. The van der Waals surface area contributed by atoms with Gasteiger partial charge in [0.1, 0.15) is 0 Å². The SMILES string of the molecule is O=C(CC1SC(=NN=Cc2c(-c3ccccc3)[nH]c3ccccc23)NC1=O)c1ccccc1. The molecule has 33 heavy (non-hydrogen) atoms. The van der Waals surface area contributed by atoms with Crippen molar-refractivity contribution in [3.8, 4) is 11.3 Å². The molecule has 1 atom stereocenters. The summed E-state index contributed by atoms with van der Waals surface area (Å²) in [6.07, 6.45) is 1.81. The Morgan fingerprint density at radius 1 is 0.939 bits per heavy atom. The topological polar surface area (TPSA) is 86.7 Å². The zero-order valence-electron chi connectivity index (χ0n) is 17.6. The third-order valence-electron chi connectivity index (χ3n) is 5.39. The number of ketones is 1. The van der Waals surface area contributed by atoms with Crippen molar-refractivity contribution in [2.24, 2.45) is 10.2 Å². The average Bonchev–Trinajstić information content (AvgIpc) is 3.40. The number of rotatable bonds is 6. The first-order valence-electron chi connectivity index (χ1n) is 10.5. The van der Waals surface area contributed by atoms with Crippen LogP contribution in [0.25, 0.3) is 22.2 Å². The van der Waals surface area contributed by atoms with E-state index in [1.54, 1.807) is 18.3 Å². The number of para-hydroxylation sites is 1. The van der Waals surface area contributed by atoms with Gasteiger partial charge in [-0.1, -0.05) is 90.6 Å². The van der Waals surface area contributed by atoms with Gasteiger partial charge in [0.25, 0.3) is 0 Å². The van der Waals surface area contributed by atoms with E-state index in [9.17, 15) is 9.59 Å². The van der Waals surface area contributed by atoms with E-state index in [0.29, 0.717) is 10.7 Å². The summed E-state index contributed by atoms with van der Waals surface area (Å²) < 4.78 is 0. The van der Waals surface area contributed by atoms with Crippen LogP contribution in [0.2, 0.25) is 0 Å². The minimum atomic E-state index is -0.514. The van der Waals surface area contributed by atoms with Crippen molar-refractivity contribution >= 4 is 45.7 Å². The van der Waals surface area contributed by atoms with E-state index in [4.69, 9.17) is 0 Å². The number of nitrogens with one attached hydrogen (secondary N) is 2. The van der Waals surface area contributed by atoms with Gasteiger partial charge >= 0.3 is 0 Å². The number of Topliss-reactive ketones (excluding diaryl/α,β-unsaturated/α-hetero) is 1. The molecular formula is C26H20N4O2S. The summed E-state index contributed by atoms with van der Waals surface area (Å²) in [5.41, 5.74) is 4.53. The lowest BCUT2D eigenvalue weighted by molar-refractivity contribution is -0.118. The van der Waals surface area contributed by atoms with E-state index < -0.39 is 5.25 Å². The molecule has 1 aromatic heterocycles. The van der Waals surface area contributed by atoms with Gasteiger partial charge in [-0.2, -0.15) is 5.10 Å². The molecule has 0 radical (unpaired) electrons. The quantitative estimate of drug-likeness (QED) is 0.244. The summed E-state index contributed by atoms with van der Waals surface area (Å²) in [7, 11) is 0. The minimum Gasteiger partial charge on any atom is -0.354 e. The number of amidine groups is 1. The number of aromatic nitrogens is 1. The number of thioether (sulfide) groups is 1. The highest BCUT2D eigenvalue weighted by Crippen LogP contribution is 2.29. The van der Waals surface area contributed by atoms with Gasteiger partial charge in [0.2, 0.25) is 5.91 Å². The lowest BCUT2D eigenvalue weighted by Crippen LogP contribution is -2.26. The third-order valence-corrected chi connectivity index (χ3v) is 6.46. The highest BCUT2D eigenvalue weighted by molar-refractivity contribution is 8.15. The minimum absolute atomic E-state index is 0.0701. The van der Waals surface area contributed by atoms with E-state index in [-0.39, 0.29) is 18.1 Å². The van der Waals surface area contributed by atoms with Crippen LogP contribution in [0, 0.1) is 0 Å². The van der Waals surface area contributed by atoms with Gasteiger partial charge < -0.3 is 10.3 Å². The second-order valence-corrected chi connectivity index (χ2v) is 8.76. The zero-order valence-corrected chi connectivity index (χ0v) is 18.4. The number of benzene rings is 3. The normalized spacial score (nSPS) is 17.2. The molecule has 0 bridgehead atoms. The molecule has 2 N–H and O–H groups in total. The van der Waals surface area contributed by atoms with Crippen LogP contribution in [0.3, 0.4) is 0 Å². The lowest BCUT2D eigenvalue weighted by Gasteiger charge is -2.04. The third kappa shape index (κ3) is 4.49. The maximum atomic E-state index is 12.5. The van der Waals surface area contributed by atoms with Crippen molar-refractivity contribution in [1.82, 2.24) is 10.3 Å². The van der Waals surface area contributed by atoms with E-state index >= 15 is 0 Å². The number of aromatic amines is 1. The molecule has 1 fully saturated rings. The number of amides is 1. The van der Waals surface area contributed by atoms with Gasteiger partial charge in [-0.15, -0.1) is 5.10 Å². The molecule has 2 heterocycles. The van der Waals surface area contributed by atoms with E-state index in [1.165, 1.54) is 11.8 Å². The van der Waals surface area contributed by atoms with Crippen molar-refractivity contribution < 1.29 is 9.59 Å². The van der Waals surface area contributed by atoms with Crippen LogP contribution in [0.1, 0.15) is 22.3 Å². The van der Waals surface area contributed by atoms with Gasteiger partial charge in [-0.3, -0.25) is 9.59 Å². The standard InChI is InChI=1S/C26H20N4O2S/c31-22(17-9-3-1-4-10-17)15-23-25(32)29-26(33-23)30-27-16-20-19-13-7-8-14-21(19)28-24(20)18-11-5-2-6-12-18/h1-14,16,23,28H,15H2,(H,29,30,32). The fraction of sp³-hybridized carbons (Fsp3) is 0.0769. The second kappa shape index (κ2) is 9.26. The Bertz CT molecular complexity index is 1380. The van der Waals surface area contributed by atoms with Crippen LogP contribution in [0.4, 0.5) is 0 Å². The van der Waals surface area contributed by atoms with E-state index in [0.717, 1.165) is 27.7 Å². The van der Waals surface area contributed by atoms with E-state index in [1.807, 2.05) is 72.8 Å². The first kappa shape index (κ1) is 20.9. The first-order valence-corrected chi connectivity index (χ1v) is 11.4. The molecule has 0 saturated carbocycles. The molecule has 1 unspecified atom stereocenters. The number of fused-ring (bicyclic) bond motifs is 1. The van der Waals surface area contributed by atoms with Crippen molar-refractivity contribution in [2.75, 3.05) is 0 Å². The number of hydrogen-bond acceptors (Lipinski definition) is 5. The second-order valence-electron chi connectivity index (χ2n) is 7.56. The Morgan fingerprint density at radius 2 is 1.64 bits per heavy atom. The Hall–Kier alpha value is -3.97. The highest BCUT2D eigenvalue weighted by Gasteiger charge is 2.32. The van der Waals surface area contributed by atoms with Gasteiger partial charge in [-0.05, 0) is 11.6 Å². The molecular weight excluding hydrogens is 432 g/mol. The maximum absolute atomic E-state index is 12.5. The number of nitrogens with zero attached hydrogens (tertiary/aromatic N) is 2. The van der Waals surface area contributed by atoms with Gasteiger partial charge in [0.15, 0.2) is 11.0 Å². The summed E-state index contributed by atoms with van der Waals surface area (Å²) in [5.74, 6) is -0.297. The predicted octanol–water partition coefficient (Wildman–Crippen LogP) is 5.03. The van der Waals surface area contributed by atoms with Gasteiger partial charge in [0.05, 0.1) is 17.2 Å². The Kier molecular flexibility index (Phi) is 5.87. The predicted molar refractivity (Wildman–Crippen MR) is 134 cm³/mol. The van der Waals surface area contributed by atoms with Crippen LogP contribution in [0.15, 0.2) is 95.1 Å². The van der Waals surface area contributed by atoms with Crippen LogP contribution >= 0.6 is 11.8 Å². The van der Waals surface area contributed by atoms with Crippen molar-refractivity contribution in [3.63, 3.8) is 0 Å². The molecule has 0 aliphatic carbocycles. The average molecular weight is 453 g/mol. The fourth-order valence-corrected chi connectivity index (χ4v) is 4.69. The van der Waals surface area contributed by atoms with Crippen LogP contribution in [0.5, 0.6) is 0 Å². The van der Waals surface area contributed by atoms with Crippen LogP contribution in [-0.2, 0) is 4.79 Å². The summed E-state index contributed by atoms with van der Waals surface area (Å²) in [5, 5.41) is 12.1.